The second-order valence-corrected chi connectivity index (χ2v) is 8.98. The van der Waals surface area contributed by atoms with Gasteiger partial charge in [-0.2, -0.15) is 0 Å². The first-order valence-electron chi connectivity index (χ1n) is 11.0. The molecule has 0 bridgehead atoms. The summed E-state index contributed by atoms with van der Waals surface area (Å²) in [5, 5.41) is 52.4. The number of carboxylic acids is 1. The fourth-order valence-corrected chi connectivity index (χ4v) is 5.11. The molecule has 0 saturated heterocycles. The van der Waals surface area contributed by atoms with E-state index in [0.717, 1.165) is 19.3 Å². The van der Waals surface area contributed by atoms with Crippen LogP contribution in [0.5, 0.6) is 28.7 Å². The van der Waals surface area contributed by atoms with Crippen molar-refractivity contribution in [1.82, 2.24) is 0 Å². The van der Waals surface area contributed by atoms with Crippen LogP contribution in [0, 0.1) is 0 Å². The average molecular weight is 524 g/mol. The summed E-state index contributed by atoms with van der Waals surface area (Å²) in [6.45, 7) is 0. The molecule has 6 rings (SSSR count). The number of ether oxygens (including phenoxy) is 3. The van der Waals surface area contributed by atoms with Crippen molar-refractivity contribution in [3.63, 3.8) is 0 Å². The van der Waals surface area contributed by atoms with Crippen molar-refractivity contribution in [2.75, 3.05) is 7.11 Å². The predicted molar refractivity (Wildman–Crippen MR) is 122 cm³/mol. The van der Waals surface area contributed by atoms with E-state index in [0.29, 0.717) is 0 Å². The van der Waals surface area contributed by atoms with Gasteiger partial charge in [0.1, 0.15) is 11.1 Å². The number of hydrogen-bond donors (Lipinski definition) is 5. The van der Waals surface area contributed by atoms with Crippen molar-refractivity contribution in [1.29, 1.82) is 0 Å². The van der Waals surface area contributed by atoms with Crippen LogP contribution in [0.2, 0.25) is 0 Å². The number of carbonyl (C=O) groups excluding carboxylic acids is 2. The summed E-state index contributed by atoms with van der Waals surface area (Å²) in [4.78, 5) is 49.1. The Morgan fingerprint density at radius 2 is 1.74 bits per heavy atom. The molecule has 2 atom stereocenters. The molecule has 2 aromatic carbocycles. The highest BCUT2D eigenvalue weighted by atomic mass is 16.7. The van der Waals surface area contributed by atoms with Crippen molar-refractivity contribution in [2.24, 2.45) is 0 Å². The highest BCUT2D eigenvalue weighted by molar-refractivity contribution is 6.26. The molecule has 3 aromatic rings. The SMILES string of the molecule is COC1=CC(=O)c2c(O)c3c(c(O)c2C1=O)OC1(C3)C[C@H](O)c2cc3cc(C(=O)O)oc(=O)c3c(O)c2O1. The van der Waals surface area contributed by atoms with E-state index >= 15 is 0 Å². The molecule has 0 radical (unpaired) electrons. The van der Waals surface area contributed by atoms with E-state index in [9.17, 15) is 39.6 Å². The maximum atomic E-state index is 12.8. The van der Waals surface area contributed by atoms with Crippen LogP contribution in [0.25, 0.3) is 10.8 Å². The molecule has 0 fully saturated rings. The lowest BCUT2D eigenvalue weighted by Gasteiger charge is -2.37. The summed E-state index contributed by atoms with van der Waals surface area (Å²) in [7, 11) is 1.16. The first kappa shape index (κ1) is 23.4. The number of aliphatic hydroxyl groups is 1. The van der Waals surface area contributed by atoms with E-state index in [1.54, 1.807) is 0 Å². The van der Waals surface area contributed by atoms with E-state index in [1.807, 2.05) is 0 Å². The molecule has 13 heteroatoms. The summed E-state index contributed by atoms with van der Waals surface area (Å²) < 4.78 is 21.4. The third-order valence-corrected chi connectivity index (χ3v) is 6.78. The third-order valence-electron chi connectivity index (χ3n) is 6.78. The number of benzene rings is 2. The van der Waals surface area contributed by atoms with Gasteiger partial charge in [0.15, 0.2) is 34.5 Å². The molecule has 1 unspecified atom stereocenters. The smallest absolute Gasteiger partial charge is 0.371 e. The third kappa shape index (κ3) is 2.96. The van der Waals surface area contributed by atoms with Gasteiger partial charge in [0.25, 0.3) is 5.79 Å². The molecule has 3 heterocycles. The van der Waals surface area contributed by atoms with Crippen LogP contribution < -0.4 is 15.1 Å². The molecule has 1 spiro atoms. The van der Waals surface area contributed by atoms with E-state index < -0.39 is 74.6 Å². The molecule has 13 nitrogen and oxygen atoms in total. The number of phenols is 3. The fraction of sp³-hybridized carbons (Fsp3) is 0.200. The number of aliphatic hydroxyl groups excluding tert-OH is 1. The Morgan fingerprint density at radius 3 is 2.42 bits per heavy atom. The van der Waals surface area contributed by atoms with Crippen LogP contribution in [-0.4, -0.2) is 56.0 Å². The number of ketones is 2. The minimum Gasteiger partial charge on any atom is -0.507 e. The molecular weight excluding hydrogens is 508 g/mol. The first-order chi connectivity index (χ1) is 18.0. The summed E-state index contributed by atoms with van der Waals surface area (Å²) >= 11 is 0. The quantitative estimate of drug-likeness (QED) is 0.302. The lowest BCUT2D eigenvalue weighted by molar-refractivity contribution is -0.139. The lowest BCUT2D eigenvalue weighted by atomic mass is 9.87. The molecule has 0 saturated carbocycles. The van der Waals surface area contributed by atoms with Crippen molar-refractivity contribution < 1.29 is 58.5 Å². The predicted octanol–water partition coefficient (Wildman–Crippen LogP) is 1.66. The summed E-state index contributed by atoms with van der Waals surface area (Å²) in [5.41, 5.74) is -2.23. The molecule has 194 valence electrons. The molecule has 3 aliphatic rings. The van der Waals surface area contributed by atoms with Gasteiger partial charge in [-0.3, -0.25) is 9.59 Å². The summed E-state index contributed by atoms with van der Waals surface area (Å²) in [5.74, 6) is -8.94. The lowest BCUT2D eigenvalue weighted by Crippen LogP contribution is -2.45. The van der Waals surface area contributed by atoms with Crippen molar-refractivity contribution >= 4 is 28.3 Å². The standard InChI is InChI=1S/C25H16O13/c1-35-12-4-10(26)15-16(18(12)29)20(31)22-9(17(15)28)5-25(38-22)6-11(27)8-2-7-3-13(23(32)33)36-24(34)14(7)19(30)21(8)37-25/h2-4,11,27-28,30-31H,5-6H2,1H3,(H,32,33)/t11-,25?/m0/s1. The monoisotopic (exact) mass is 524 g/mol. The Morgan fingerprint density at radius 1 is 1.03 bits per heavy atom. The van der Waals surface area contributed by atoms with Crippen molar-refractivity contribution in [3.8, 4) is 28.7 Å². The number of Topliss-reactive ketones (excluding diaryl/α,β-unsaturated/α-hetero) is 1. The second kappa shape index (κ2) is 7.49. The normalized spacial score (nSPS) is 21.3. The van der Waals surface area contributed by atoms with Gasteiger partial charge in [-0.1, -0.05) is 0 Å². The van der Waals surface area contributed by atoms with E-state index in [1.165, 1.54) is 6.07 Å². The molecular formula is C25H16O13. The van der Waals surface area contributed by atoms with E-state index in [4.69, 9.17) is 23.7 Å². The van der Waals surface area contributed by atoms with Gasteiger partial charge >= 0.3 is 11.6 Å². The number of aromatic hydroxyl groups is 3. The number of carbonyl (C=O) groups is 3. The molecule has 5 N–H and O–H groups in total. The van der Waals surface area contributed by atoms with Crippen LogP contribution in [-0.2, 0) is 11.2 Å². The number of methoxy groups -OCH3 is 1. The maximum Gasteiger partial charge on any atom is 0.371 e. The van der Waals surface area contributed by atoms with Crippen molar-refractivity contribution in [2.45, 2.75) is 24.7 Å². The zero-order valence-electron chi connectivity index (χ0n) is 19.2. The van der Waals surface area contributed by atoms with Gasteiger partial charge in [0, 0.05) is 17.2 Å². The highest BCUT2D eigenvalue weighted by Gasteiger charge is 2.52. The van der Waals surface area contributed by atoms with Crippen LogP contribution in [0.4, 0.5) is 0 Å². The number of hydrogen-bond acceptors (Lipinski definition) is 12. The number of allylic oxidation sites excluding steroid dienone is 2. The number of aromatic carboxylic acids is 1. The maximum absolute atomic E-state index is 12.8. The van der Waals surface area contributed by atoms with Gasteiger partial charge < -0.3 is 44.2 Å². The highest BCUT2D eigenvalue weighted by Crippen LogP contribution is 2.56. The number of rotatable bonds is 2. The van der Waals surface area contributed by atoms with Crippen LogP contribution in [0.15, 0.2) is 33.2 Å². The largest absolute Gasteiger partial charge is 0.507 e. The van der Waals surface area contributed by atoms with Gasteiger partial charge in [-0.25, -0.2) is 9.59 Å². The van der Waals surface area contributed by atoms with Crippen LogP contribution >= 0.6 is 0 Å². The molecule has 1 aromatic heterocycles. The Hall–Kier alpha value is -5.04. The van der Waals surface area contributed by atoms with Crippen molar-refractivity contribution in [3.05, 3.63) is 62.4 Å². The molecule has 38 heavy (non-hydrogen) atoms. The molecule has 2 aliphatic heterocycles. The first-order valence-corrected chi connectivity index (χ1v) is 11.0. The number of phenolic OH excluding ortho intramolecular Hbond substituents is 3. The Kier molecular flexibility index (Phi) is 4.60. The van der Waals surface area contributed by atoms with E-state index in [2.05, 4.69) is 0 Å². The average Bonchev–Trinajstić information content (AvgIpc) is 3.23. The second-order valence-electron chi connectivity index (χ2n) is 8.98. The van der Waals surface area contributed by atoms with Gasteiger partial charge in [-0.05, 0) is 17.5 Å². The Labute approximate surface area is 210 Å². The van der Waals surface area contributed by atoms with E-state index in [-0.39, 0.29) is 46.6 Å². The Bertz CT molecular complexity index is 1740. The van der Waals surface area contributed by atoms with Crippen LogP contribution in [0.3, 0.4) is 0 Å². The topological polar surface area (TPSA) is 210 Å². The number of carboxylic acid groups (broad SMARTS) is 1. The zero-order valence-corrected chi connectivity index (χ0v) is 19.2. The van der Waals surface area contributed by atoms with Gasteiger partial charge in [0.2, 0.25) is 11.5 Å². The summed E-state index contributed by atoms with van der Waals surface area (Å²) in [6.07, 6.45) is -1.17. The fourth-order valence-electron chi connectivity index (χ4n) is 5.11. The number of fused-ring (bicyclic) bond motifs is 4. The molecule has 0 amide bonds. The van der Waals surface area contributed by atoms with Gasteiger partial charge in [-0.15, -0.1) is 0 Å². The minimum atomic E-state index is -1.84. The zero-order chi connectivity index (χ0) is 27.3. The summed E-state index contributed by atoms with van der Waals surface area (Å²) in [6, 6.07) is 2.27. The van der Waals surface area contributed by atoms with Crippen LogP contribution in [0.1, 0.15) is 54.9 Å². The molecule has 1 aliphatic carbocycles. The van der Waals surface area contributed by atoms with Gasteiger partial charge in [0.05, 0.1) is 37.2 Å². The minimum absolute atomic E-state index is 0.00847. The Balaban J connectivity index is 1.48.